The number of hydrogen-bond acceptors (Lipinski definition) is 3. The molecule has 2 rings (SSSR count). The van der Waals surface area contributed by atoms with Crippen molar-refractivity contribution in [2.45, 2.75) is 12.1 Å². The predicted octanol–water partition coefficient (Wildman–Crippen LogP) is 1.22. The maximum atomic E-state index is 10.6. The Labute approximate surface area is 80.6 Å². The lowest BCUT2D eigenvalue weighted by molar-refractivity contribution is -0.607. The monoisotopic (exact) mass is 191 g/mol. The fourth-order valence-corrected chi connectivity index (χ4v) is 1.55. The summed E-state index contributed by atoms with van der Waals surface area (Å²) in [4.78, 5) is 9.92. The van der Waals surface area contributed by atoms with Gasteiger partial charge in [-0.05, 0) is 17.2 Å². The van der Waals surface area contributed by atoms with Gasteiger partial charge in [-0.2, -0.15) is 0 Å². The molecule has 14 heavy (non-hydrogen) atoms. The van der Waals surface area contributed by atoms with Crippen LogP contribution in [0, 0.1) is 10.1 Å². The highest BCUT2D eigenvalue weighted by atomic mass is 16.7. The molecule has 1 aliphatic rings. The second-order valence-electron chi connectivity index (χ2n) is 3.34. The quantitative estimate of drug-likeness (QED) is 0.412. The van der Waals surface area contributed by atoms with Gasteiger partial charge in [0.05, 0.1) is 11.3 Å². The Kier molecular flexibility index (Phi) is 1.86. The number of benzene rings is 1. The number of hydrogen-bond donors (Lipinski definition) is 1. The molecule has 0 radical (unpaired) electrons. The zero-order valence-corrected chi connectivity index (χ0v) is 7.38. The Morgan fingerprint density at radius 1 is 1.43 bits per heavy atom. The summed E-state index contributed by atoms with van der Waals surface area (Å²) in [5.41, 5.74) is -0.206. The molecule has 0 saturated heterocycles. The average Bonchev–Trinajstić information content (AvgIpc) is 2.17. The first kappa shape index (κ1) is 8.90. The first-order valence-electron chi connectivity index (χ1n) is 4.26. The number of aliphatic hydroxyl groups is 1. The minimum atomic E-state index is -1.94. The molecule has 0 amide bonds. The molecule has 1 N–H and O–H groups in total. The van der Waals surface area contributed by atoms with E-state index in [2.05, 4.69) is 0 Å². The van der Waals surface area contributed by atoms with Crippen LogP contribution in [0.1, 0.15) is 11.1 Å². The smallest absolute Gasteiger partial charge is 0.327 e. The van der Waals surface area contributed by atoms with Gasteiger partial charge < -0.3 is 5.11 Å². The van der Waals surface area contributed by atoms with E-state index in [1.54, 1.807) is 18.2 Å². The lowest BCUT2D eigenvalue weighted by atomic mass is 9.92. The summed E-state index contributed by atoms with van der Waals surface area (Å²) in [7, 11) is 0. The van der Waals surface area contributed by atoms with Gasteiger partial charge in [0.15, 0.2) is 0 Å². The maximum absolute atomic E-state index is 10.6. The zero-order chi connectivity index (χ0) is 10.2. The molecule has 0 aliphatic heterocycles. The first-order valence-corrected chi connectivity index (χ1v) is 4.26. The van der Waals surface area contributed by atoms with Crippen LogP contribution in [0.4, 0.5) is 0 Å². The van der Waals surface area contributed by atoms with E-state index in [1.807, 2.05) is 12.1 Å². The van der Waals surface area contributed by atoms with E-state index in [9.17, 15) is 15.2 Å². The van der Waals surface area contributed by atoms with Gasteiger partial charge in [0.2, 0.25) is 0 Å². The van der Waals surface area contributed by atoms with Crippen molar-refractivity contribution in [2.24, 2.45) is 0 Å². The minimum Gasteiger partial charge on any atom is -0.327 e. The van der Waals surface area contributed by atoms with Gasteiger partial charge in [-0.1, -0.05) is 24.3 Å². The Balaban J connectivity index is 2.43. The van der Waals surface area contributed by atoms with E-state index < -0.39 is 10.6 Å². The molecule has 0 aromatic heterocycles. The summed E-state index contributed by atoms with van der Waals surface area (Å²) in [6.45, 7) is 0. The lowest BCUT2D eigenvalue weighted by Gasteiger charge is -2.20. The fraction of sp³-hybridized carbons (Fsp3) is 0.200. The summed E-state index contributed by atoms with van der Waals surface area (Å²) in [6.07, 6.45) is 2.85. The van der Waals surface area contributed by atoms with Crippen LogP contribution in [0.25, 0.3) is 6.08 Å². The summed E-state index contributed by atoms with van der Waals surface area (Å²) in [5.74, 6) is 0. The standard InChI is InChI=1S/C10H9NO3/c12-10(11(13)14)6-5-8-3-1-2-4-9(8)7-10/h1-6,12H,7H2/t10-/m1/s1. The third kappa shape index (κ3) is 1.29. The molecule has 4 nitrogen and oxygen atoms in total. The molecule has 72 valence electrons. The molecule has 0 fully saturated rings. The lowest BCUT2D eigenvalue weighted by Crippen LogP contribution is -2.39. The summed E-state index contributed by atoms with van der Waals surface area (Å²) >= 11 is 0. The molecule has 1 aliphatic carbocycles. The van der Waals surface area contributed by atoms with E-state index in [0.717, 1.165) is 11.1 Å². The highest BCUT2D eigenvalue weighted by Gasteiger charge is 2.39. The molecule has 4 heteroatoms. The summed E-state index contributed by atoms with van der Waals surface area (Å²) < 4.78 is 0. The fourth-order valence-electron chi connectivity index (χ4n) is 1.55. The predicted molar refractivity (Wildman–Crippen MR) is 51.1 cm³/mol. The normalized spacial score (nSPS) is 24.4. The molecule has 1 aromatic rings. The van der Waals surface area contributed by atoms with Crippen molar-refractivity contribution in [3.8, 4) is 0 Å². The molecule has 0 saturated carbocycles. The average molecular weight is 191 g/mol. The highest BCUT2D eigenvalue weighted by molar-refractivity contribution is 5.57. The van der Waals surface area contributed by atoms with Gasteiger partial charge >= 0.3 is 5.72 Å². The van der Waals surface area contributed by atoms with Crippen molar-refractivity contribution >= 4 is 6.08 Å². The number of rotatable bonds is 1. The van der Waals surface area contributed by atoms with Crippen molar-refractivity contribution in [2.75, 3.05) is 0 Å². The Morgan fingerprint density at radius 3 is 2.86 bits per heavy atom. The molecule has 1 aromatic carbocycles. The SMILES string of the molecule is O=[N+]([O-])[C@@]1(O)C=Cc2ccccc2C1. The minimum absolute atomic E-state index is 0.0344. The van der Waals surface area contributed by atoms with Crippen molar-refractivity contribution < 1.29 is 10.0 Å². The van der Waals surface area contributed by atoms with Gasteiger partial charge in [0.25, 0.3) is 0 Å². The van der Waals surface area contributed by atoms with Crippen LogP contribution in [-0.4, -0.2) is 15.8 Å². The first-order chi connectivity index (χ1) is 6.62. The van der Waals surface area contributed by atoms with Gasteiger partial charge in [-0.15, -0.1) is 0 Å². The van der Waals surface area contributed by atoms with Gasteiger partial charge in [-0.25, -0.2) is 0 Å². The Morgan fingerprint density at radius 2 is 2.14 bits per heavy atom. The van der Waals surface area contributed by atoms with Gasteiger partial charge in [-0.3, -0.25) is 10.1 Å². The molecule has 0 heterocycles. The van der Waals surface area contributed by atoms with Crippen LogP contribution in [0.15, 0.2) is 30.3 Å². The van der Waals surface area contributed by atoms with Crippen molar-refractivity contribution in [3.63, 3.8) is 0 Å². The van der Waals surface area contributed by atoms with E-state index >= 15 is 0 Å². The molecular weight excluding hydrogens is 182 g/mol. The largest absolute Gasteiger partial charge is 0.346 e. The van der Waals surface area contributed by atoms with E-state index in [1.165, 1.54) is 6.08 Å². The van der Waals surface area contributed by atoms with Gasteiger partial charge in [0, 0.05) is 6.08 Å². The van der Waals surface area contributed by atoms with Crippen LogP contribution < -0.4 is 0 Å². The van der Waals surface area contributed by atoms with Crippen LogP contribution in [0.2, 0.25) is 0 Å². The number of nitro groups is 1. The van der Waals surface area contributed by atoms with Crippen LogP contribution in [0.5, 0.6) is 0 Å². The third-order valence-electron chi connectivity index (χ3n) is 2.35. The number of nitrogens with zero attached hydrogens (tertiary/aromatic N) is 1. The molecule has 0 bridgehead atoms. The Hall–Kier alpha value is -1.68. The third-order valence-corrected chi connectivity index (χ3v) is 2.35. The van der Waals surface area contributed by atoms with Gasteiger partial charge in [0.1, 0.15) is 0 Å². The molecule has 0 spiro atoms. The van der Waals surface area contributed by atoms with Crippen molar-refractivity contribution in [1.29, 1.82) is 0 Å². The van der Waals surface area contributed by atoms with Crippen molar-refractivity contribution in [3.05, 3.63) is 51.6 Å². The van der Waals surface area contributed by atoms with Crippen LogP contribution in [0.3, 0.4) is 0 Å². The molecular formula is C10H9NO3. The van der Waals surface area contributed by atoms with E-state index in [0.29, 0.717) is 0 Å². The Bertz CT molecular complexity index is 414. The molecule has 0 unspecified atom stereocenters. The van der Waals surface area contributed by atoms with Crippen LogP contribution >= 0.6 is 0 Å². The zero-order valence-electron chi connectivity index (χ0n) is 7.38. The van der Waals surface area contributed by atoms with E-state index in [4.69, 9.17) is 0 Å². The second-order valence-corrected chi connectivity index (χ2v) is 3.34. The number of fused-ring (bicyclic) bond motifs is 1. The highest BCUT2D eigenvalue weighted by Crippen LogP contribution is 2.25. The van der Waals surface area contributed by atoms with Crippen LogP contribution in [-0.2, 0) is 6.42 Å². The maximum Gasteiger partial charge on any atom is 0.346 e. The van der Waals surface area contributed by atoms with Crippen molar-refractivity contribution in [1.82, 2.24) is 0 Å². The summed E-state index contributed by atoms with van der Waals surface area (Å²) in [6, 6.07) is 7.32. The second kappa shape index (κ2) is 2.92. The summed E-state index contributed by atoms with van der Waals surface area (Å²) in [5, 5.41) is 20.2. The van der Waals surface area contributed by atoms with E-state index in [-0.39, 0.29) is 6.42 Å². The topological polar surface area (TPSA) is 63.4 Å². The molecule has 1 atom stereocenters.